The van der Waals surface area contributed by atoms with Gasteiger partial charge in [-0.05, 0) is 48.5 Å². The fourth-order valence-electron chi connectivity index (χ4n) is 4.41. The quantitative estimate of drug-likeness (QED) is 0.836. The molecule has 0 heterocycles. The van der Waals surface area contributed by atoms with E-state index in [2.05, 4.69) is 31.4 Å². The molecule has 0 aliphatic heterocycles. The van der Waals surface area contributed by atoms with Crippen LogP contribution in [0.1, 0.15) is 33.6 Å². The zero-order valence-electron chi connectivity index (χ0n) is 13.5. The largest absolute Gasteiger partial charge is 0.362 e. The van der Waals surface area contributed by atoms with E-state index < -0.39 is 0 Å². The third kappa shape index (κ3) is 2.24. The molecule has 2 fully saturated rings. The van der Waals surface area contributed by atoms with Crippen molar-refractivity contribution < 1.29 is 4.79 Å². The van der Waals surface area contributed by atoms with Crippen LogP contribution in [-0.4, -0.2) is 17.4 Å². The summed E-state index contributed by atoms with van der Waals surface area (Å²) in [5.41, 5.74) is 0.912. The minimum atomic E-state index is -0.154. The lowest BCUT2D eigenvalue weighted by Gasteiger charge is -2.32. The molecule has 2 N–H and O–H groups in total. The van der Waals surface area contributed by atoms with Crippen LogP contribution in [0, 0.1) is 22.7 Å². The predicted molar refractivity (Wildman–Crippen MR) is 93.8 cm³/mol. The highest BCUT2D eigenvalue weighted by Gasteiger charge is 2.65. The van der Waals surface area contributed by atoms with Crippen LogP contribution >= 0.6 is 12.2 Å². The second-order valence-corrected chi connectivity index (χ2v) is 7.78. The molecule has 22 heavy (non-hydrogen) atoms. The molecule has 1 aromatic rings. The van der Waals surface area contributed by atoms with Gasteiger partial charge >= 0.3 is 0 Å². The molecular formula is C18H24N2OS. The maximum atomic E-state index is 12.8. The summed E-state index contributed by atoms with van der Waals surface area (Å²) in [6, 6.07) is 9.85. The molecule has 0 spiro atoms. The summed E-state index contributed by atoms with van der Waals surface area (Å²) >= 11 is 5.35. The number of carbonyl (C=O) groups is 1. The smallest absolute Gasteiger partial charge is 0.170 e. The topological polar surface area (TPSA) is 41.1 Å². The van der Waals surface area contributed by atoms with Crippen LogP contribution in [0.15, 0.2) is 30.3 Å². The molecule has 1 aromatic carbocycles. The number of benzene rings is 1. The zero-order chi connectivity index (χ0) is 16.0. The maximum Gasteiger partial charge on any atom is 0.170 e. The van der Waals surface area contributed by atoms with Crippen molar-refractivity contribution in [3.05, 3.63) is 30.3 Å². The molecule has 3 nitrogen and oxygen atoms in total. The van der Waals surface area contributed by atoms with Crippen molar-refractivity contribution in [2.24, 2.45) is 22.7 Å². The van der Waals surface area contributed by atoms with Crippen LogP contribution in [0.4, 0.5) is 5.69 Å². The third-order valence-electron chi connectivity index (χ3n) is 6.18. The third-order valence-corrected chi connectivity index (χ3v) is 6.43. The Balaban J connectivity index is 1.61. The molecule has 118 valence electrons. The average molecular weight is 316 g/mol. The standard InChI is InChI=1S/C18H24N2OS/c1-17(2)14-9-10-18(17,3)15(21)13(14)11-19-16(22)20-12-7-5-4-6-8-12/h4-8,13-14H,9-11H2,1-3H3,(H2,19,20,22)/t13-,14-,18-/m1/s1. The van der Waals surface area contributed by atoms with Crippen LogP contribution in [0.2, 0.25) is 0 Å². The summed E-state index contributed by atoms with van der Waals surface area (Å²) in [6.07, 6.45) is 2.19. The van der Waals surface area contributed by atoms with Crippen molar-refractivity contribution >= 4 is 28.8 Å². The monoisotopic (exact) mass is 316 g/mol. The highest BCUT2D eigenvalue weighted by molar-refractivity contribution is 7.80. The van der Waals surface area contributed by atoms with Crippen molar-refractivity contribution in [1.82, 2.24) is 5.32 Å². The average Bonchev–Trinajstić information content (AvgIpc) is 2.79. The molecular weight excluding hydrogens is 292 g/mol. The molecule has 2 aliphatic carbocycles. The first-order valence-electron chi connectivity index (χ1n) is 8.00. The van der Waals surface area contributed by atoms with Gasteiger partial charge in [-0.3, -0.25) is 4.79 Å². The van der Waals surface area contributed by atoms with Crippen LogP contribution in [0.5, 0.6) is 0 Å². The maximum absolute atomic E-state index is 12.8. The van der Waals surface area contributed by atoms with E-state index >= 15 is 0 Å². The van der Waals surface area contributed by atoms with Crippen molar-refractivity contribution in [3.8, 4) is 0 Å². The Hall–Kier alpha value is -1.42. The van der Waals surface area contributed by atoms with Crippen LogP contribution in [-0.2, 0) is 4.79 Å². The molecule has 2 bridgehead atoms. The summed E-state index contributed by atoms with van der Waals surface area (Å²) < 4.78 is 0. The van der Waals surface area contributed by atoms with Gasteiger partial charge in [0.05, 0.1) is 0 Å². The summed E-state index contributed by atoms with van der Waals surface area (Å²) in [7, 11) is 0. The van der Waals surface area contributed by atoms with E-state index in [4.69, 9.17) is 12.2 Å². The van der Waals surface area contributed by atoms with E-state index in [9.17, 15) is 4.79 Å². The van der Waals surface area contributed by atoms with E-state index in [-0.39, 0.29) is 16.7 Å². The van der Waals surface area contributed by atoms with Crippen molar-refractivity contribution in [1.29, 1.82) is 0 Å². The summed E-state index contributed by atoms with van der Waals surface area (Å²) in [5, 5.41) is 6.99. The second kappa shape index (κ2) is 5.34. The molecule has 0 unspecified atom stereocenters. The van der Waals surface area contributed by atoms with Gasteiger partial charge in [0, 0.05) is 23.6 Å². The summed E-state index contributed by atoms with van der Waals surface area (Å²) in [5.74, 6) is 0.977. The first-order valence-corrected chi connectivity index (χ1v) is 8.41. The molecule has 3 rings (SSSR count). The van der Waals surface area contributed by atoms with E-state index in [1.54, 1.807) is 0 Å². The second-order valence-electron chi connectivity index (χ2n) is 7.37. The summed E-state index contributed by atoms with van der Waals surface area (Å²) in [6.45, 7) is 7.29. The van der Waals surface area contributed by atoms with E-state index in [0.717, 1.165) is 18.5 Å². The molecule has 3 atom stereocenters. The lowest BCUT2D eigenvalue weighted by atomic mass is 9.70. The Bertz CT molecular complexity index is 598. The minimum Gasteiger partial charge on any atom is -0.362 e. The molecule has 2 aliphatic rings. The van der Waals surface area contributed by atoms with Gasteiger partial charge in [0.1, 0.15) is 5.78 Å². The Labute approximate surface area is 137 Å². The Morgan fingerprint density at radius 3 is 2.55 bits per heavy atom. The van der Waals surface area contributed by atoms with Gasteiger partial charge in [-0.15, -0.1) is 0 Å². The van der Waals surface area contributed by atoms with Gasteiger partial charge in [0.25, 0.3) is 0 Å². The van der Waals surface area contributed by atoms with Gasteiger partial charge in [-0.1, -0.05) is 39.0 Å². The van der Waals surface area contributed by atoms with Gasteiger partial charge in [-0.25, -0.2) is 0 Å². The Morgan fingerprint density at radius 2 is 1.95 bits per heavy atom. The fraction of sp³-hybridized carbons (Fsp3) is 0.556. The van der Waals surface area contributed by atoms with E-state index in [1.165, 1.54) is 0 Å². The normalized spacial score (nSPS) is 32.0. The van der Waals surface area contributed by atoms with Gasteiger partial charge in [0.15, 0.2) is 5.11 Å². The first kappa shape index (κ1) is 15.5. The lowest BCUT2D eigenvalue weighted by Crippen LogP contribution is -2.39. The van der Waals surface area contributed by atoms with Crippen LogP contribution in [0.25, 0.3) is 0 Å². The predicted octanol–water partition coefficient (Wildman–Crippen LogP) is 3.61. The van der Waals surface area contributed by atoms with Gasteiger partial charge in [0.2, 0.25) is 0 Å². The number of nitrogens with one attached hydrogen (secondary N) is 2. The van der Waals surface area contributed by atoms with Crippen LogP contribution in [0.3, 0.4) is 0 Å². The Kier molecular flexibility index (Phi) is 3.76. The molecule has 4 heteroatoms. The number of para-hydroxylation sites is 1. The number of fused-ring (bicyclic) bond motifs is 2. The first-order chi connectivity index (χ1) is 10.4. The molecule has 0 saturated heterocycles. The van der Waals surface area contributed by atoms with E-state index in [1.807, 2.05) is 30.3 Å². The number of Topliss-reactive ketones (excluding diaryl/α,β-unsaturated/α-hetero) is 1. The minimum absolute atomic E-state index is 0.0873. The number of rotatable bonds is 3. The van der Waals surface area contributed by atoms with Crippen LogP contribution < -0.4 is 10.6 Å². The van der Waals surface area contributed by atoms with Crippen molar-refractivity contribution in [2.75, 3.05) is 11.9 Å². The molecule has 0 amide bonds. The highest BCUT2D eigenvalue weighted by atomic mass is 32.1. The van der Waals surface area contributed by atoms with Gasteiger partial charge in [-0.2, -0.15) is 0 Å². The lowest BCUT2D eigenvalue weighted by molar-refractivity contribution is -0.131. The molecule has 2 saturated carbocycles. The molecule has 0 radical (unpaired) electrons. The SMILES string of the molecule is CC1(C)[C@@H]2CC[C@]1(C)C(=O)[C@@H]2CNC(=S)Nc1ccccc1. The summed E-state index contributed by atoms with van der Waals surface area (Å²) in [4.78, 5) is 12.8. The Morgan fingerprint density at radius 1 is 1.27 bits per heavy atom. The zero-order valence-corrected chi connectivity index (χ0v) is 14.3. The van der Waals surface area contributed by atoms with Crippen molar-refractivity contribution in [3.63, 3.8) is 0 Å². The molecule has 0 aromatic heterocycles. The van der Waals surface area contributed by atoms with Crippen molar-refractivity contribution in [2.45, 2.75) is 33.6 Å². The number of ketones is 1. The number of carbonyl (C=O) groups excluding carboxylic acids is 1. The highest BCUT2D eigenvalue weighted by Crippen LogP contribution is 2.65. The number of anilines is 1. The van der Waals surface area contributed by atoms with E-state index in [0.29, 0.717) is 23.4 Å². The van der Waals surface area contributed by atoms with Gasteiger partial charge < -0.3 is 10.6 Å². The number of hydrogen-bond acceptors (Lipinski definition) is 2. The fourth-order valence-corrected chi connectivity index (χ4v) is 4.61. The number of thiocarbonyl (C=S) groups is 1. The number of hydrogen-bond donors (Lipinski definition) is 2.